The summed E-state index contributed by atoms with van der Waals surface area (Å²) in [5, 5.41) is 3.41. The first kappa shape index (κ1) is 13.3. The second-order valence-electron chi connectivity index (χ2n) is 5.81. The summed E-state index contributed by atoms with van der Waals surface area (Å²) in [6, 6.07) is 0.750. The quantitative estimate of drug-likeness (QED) is 0.768. The van der Waals surface area contributed by atoms with Crippen molar-refractivity contribution in [3.63, 3.8) is 0 Å². The minimum absolute atomic E-state index is 0.140. The molecule has 1 atom stereocenters. The molecule has 3 saturated heterocycles. The van der Waals surface area contributed by atoms with Crippen LogP contribution in [0.1, 0.15) is 25.7 Å². The number of amides is 1. The third-order valence-electron chi connectivity index (χ3n) is 4.68. The molecule has 1 N–H and O–H groups in total. The maximum absolute atomic E-state index is 12.7. The van der Waals surface area contributed by atoms with E-state index in [0.29, 0.717) is 25.2 Å². The van der Waals surface area contributed by atoms with Gasteiger partial charge in [0.2, 0.25) is 5.91 Å². The van der Waals surface area contributed by atoms with Crippen molar-refractivity contribution in [3.8, 4) is 0 Å². The smallest absolute Gasteiger partial charge is 0.240 e. The summed E-state index contributed by atoms with van der Waals surface area (Å²) in [6.45, 7) is 6.24. The number of carbonyl (C=O) groups is 1. The minimum Gasteiger partial charge on any atom is -0.378 e. The topological polar surface area (TPSA) is 44.8 Å². The van der Waals surface area contributed by atoms with E-state index in [9.17, 15) is 4.79 Å². The van der Waals surface area contributed by atoms with Crippen LogP contribution in [0.25, 0.3) is 0 Å². The highest BCUT2D eigenvalue weighted by Crippen LogP contribution is 2.26. The summed E-state index contributed by atoms with van der Waals surface area (Å²) < 4.78 is 5.34. The van der Waals surface area contributed by atoms with E-state index < -0.39 is 0 Å². The Morgan fingerprint density at radius 3 is 2.53 bits per heavy atom. The number of hydrogen-bond donors (Lipinski definition) is 1. The van der Waals surface area contributed by atoms with Gasteiger partial charge >= 0.3 is 0 Å². The fourth-order valence-electron chi connectivity index (χ4n) is 3.62. The maximum atomic E-state index is 12.7. The summed E-state index contributed by atoms with van der Waals surface area (Å²) in [4.78, 5) is 17.2. The lowest BCUT2D eigenvalue weighted by molar-refractivity contribution is -0.141. The fourth-order valence-corrected chi connectivity index (χ4v) is 3.62. The van der Waals surface area contributed by atoms with Gasteiger partial charge in [0.25, 0.3) is 0 Å². The molecule has 5 nitrogen and oxygen atoms in total. The van der Waals surface area contributed by atoms with E-state index >= 15 is 0 Å². The highest BCUT2D eigenvalue weighted by molar-refractivity contribution is 5.82. The van der Waals surface area contributed by atoms with Gasteiger partial charge in [-0.1, -0.05) is 0 Å². The first-order valence-electron chi connectivity index (χ1n) is 7.69. The lowest BCUT2D eigenvalue weighted by Crippen LogP contribution is -2.53. The van der Waals surface area contributed by atoms with E-state index in [2.05, 4.69) is 10.2 Å². The van der Waals surface area contributed by atoms with Crippen LogP contribution < -0.4 is 5.32 Å². The molecule has 19 heavy (non-hydrogen) atoms. The van der Waals surface area contributed by atoms with Gasteiger partial charge in [-0.15, -0.1) is 0 Å². The molecule has 0 aromatic heterocycles. The largest absolute Gasteiger partial charge is 0.378 e. The molecule has 0 saturated carbocycles. The first-order valence-corrected chi connectivity index (χ1v) is 7.69. The Kier molecular flexibility index (Phi) is 4.35. The summed E-state index contributed by atoms with van der Waals surface area (Å²) >= 11 is 0. The zero-order valence-electron chi connectivity index (χ0n) is 11.6. The number of likely N-dealkylation sites (tertiary alicyclic amines) is 1. The van der Waals surface area contributed by atoms with E-state index in [0.717, 1.165) is 39.1 Å². The standard InChI is InChI=1S/C14H25N3O2/c18-14(16-8-10-19-11-9-16)13-2-1-7-17(13)12-3-5-15-6-4-12/h12-13,15H,1-11H2. The third-order valence-corrected chi connectivity index (χ3v) is 4.68. The average molecular weight is 267 g/mol. The second kappa shape index (κ2) is 6.20. The lowest BCUT2D eigenvalue weighted by Gasteiger charge is -2.38. The number of rotatable bonds is 2. The van der Waals surface area contributed by atoms with Gasteiger partial charge in [0.05, 0.1) is 19.3 Å². The molecule has 3 aliphatic heterocycles. The molecule has 0 radical (unpaired) electrons. The highest BCUT2D eigenvalue weighted by Gasteiger charge is 2.37. The number of nitrogens with one attached hydrogen (secondary N) is 1. The molecule has 0 spiro atoms. The molecule has 1 unspecified atom stereocenters. The van der Waals surface area contributed by atoms with Crippen LogP contribution in [-0.4, -0.2) is 73.7 Å². The molecule has 0 bridgehead atoms. The molecule has 3 rings (SSSR count). The van der Waals surface area contributed by atoms with Crippen LogP contribution in [-0.2, 0) is 9.53 Å². The van der Waals surface area contributed by atoms with Gasteiger partial charge in [-0.3, -0.25) is 9.69 Å². The molecule has 108 valence electrons. The van der Waals surface area contributed by atoms with E-state index in [4.69, 9.17) is 4.74 Å². The number of piperidine rings is 1. The van der Waals surface area contributed by atoms with Gasteiger partial charge in [0, 0.05) is 19.1 Å². The van der Waals surface area contributed by atoms with Gasteiger partial charge in [0.15, 0.2) is 0 Å². The van der Waals surface area contributed by atoms with Crippen LogP contribution in [0.5, 0.6) is 0 Å². The molecular formula is C14H25N3O2. The van der Waals surface area contributed by atoms with Crippen LogP contribution in [0.4, 0.5) is 0 Å². The van der Waals surface area contributed by atoms with Crippen LogP contribution in [0, 0.1) is 0 Å². The van der Waals surface area contributed by atoms with E-state index in [1.807, 2.05) is 4.90 Å². The normalized spacial score (nSPS) is 30.7. The molecule has 0 aromatic rings. The molecule has 3 fully saturated rings. The number of ether oxygens (including phenoxy) is 1. The zero-order valence-corrected chi connectivity index (χ0v) is 11.6. The van der Waals surface area contributed by atoms with Crippen LogP contribution >= 0.6 is 0 Å². The van der Waals surface area contributed by atoms with E-state index in [-0.39, 0.29) is 6.04 Å². The van der Waals surface area contributed by atoms with Crippen LogP contribution in [0.2, 0.25) is 0 Å². The highest BCUT2D eigenvalue weighted by atomic mass is 16.5. The van der Waals surface area contributed by atoms with Crippen molar-refractivity contribution in [2.75, 3.05) is 45.9 Å². The molecule has 3 aliphatic rings. The molecule has 5 heteroatoms. The maximum Gasteiger partial charge on any atom is 0.240 e. The SMILES string of the molecule is O=C(C1CCCN1C1CCNCC1)N1CCOCC1. The monoisotopic (exact) mass is 267 g/mol. The Balaban J connectivity index is 1.62. The summed E-state index contributed by atoms with van der Waals surface area (Å²) in [7, 11) is 0. The average Bonchev–Trinajstić information content (AvgIpc) is 2.98. The Hall–Kier alpha value is -0.650. The van der Waals surface area contributed by atoms with Gasteiger partial charge in [-0.05, 0) is 45.3 Å². The number of hydrogen-bond acceptors (Lipinski definition) is 4. The van der Waals surface area contributed by atoms with E-state index in [1.54, 1.807) is 0 Å². The molecule has 0 aliphatic carbocycles. The van der Waals surface area contributed by atoms with Crippen molar-refractivity contribution in [3.05, 3.63) is 0 Å². The third kappa shape index (κ3) is 2.93. The van der Waals surface area contributed by atoms with Crippen molar-refractivity contribution < 1.29 is 9.53 Å². The fraction of sp³-hybridized carbons (Fsp3) is 0.929. The van der Waals surface area contributed by atoms with Gasteiger partial charge < -0.3 is 15.0 Å². The summed E-state index contributed by atoms with van der Waals surface area (Å²) in [6.07, 6.45) is 4.59. The van der Waals surface area contributed by atoms with Crippen molar-refractivity contribution >= 4 is 5.91 Å². The Labute approximate surface area is 115 Å². The number of nitrogens with zero attached hydrogens (tertiary/aromatic N) is 2. The Morgan fingerprint density at radius 1 is 1.05 bits per heavy atom. The minimum atomic E-state index is 0.140. The molecule has 1 amide bonds. The van der Waals surface area contributed by atoms with Crippen molar-refractivity contribution in [2.24, 2.45) is 0 Å². The van der Waals surface area contributed by atoms with Crippen molar-refractivity contribution in [1.82, 2.24) is 15.1 Å². The Morgan fingerprint density at radius 2 is 1.79 bits per heavy atom. The predicted molar refractivity (Wildman–Crippen MR) is 73.0 cm³/mol. The van der Waals surface area contributed by atoms with Crippen molar-refractivity contribution in [1.29, 1.82) is 0 Å². The summed E-state index contributed by atoms with van der Waals surface area (Å²) in [5.41, 5.74) is 0. The zero-order chi connectivity index (χ0) is 13.1. The lowest BCUT2D eigenvalue weighted by atomic mass is 10.0. The van der Waals surface area contributed by atoms with Gasteiger partial charge in [-0.2, -0.15) is 0 Å². The van der Waals surface area contributed by atoms with Crippen molar-refractivity contribution in [2.45, 2.75) is 37.8 Å². The summed E-state index contributed by atoms with van der Waals surface area (Å²) in [5.74, 6) is 0.347. The number of morpholine rings is 1. The van der Waals surface area contributed by atoms with Gasteiger partial charge in [-0.25, -0.2) is 0 Å². The van der Waals surface area contributed by atoms with Crippen LogP contribution in [0.15, 0.2) is 0 Å². The van der Waals surface area contributed by atoms with Gasteiger partial charge in [0.1, 0.15) is 0 Å². The number of carbonyl (C=O) groups excluding carboxylic acids is 1. The Bertz CT molecular complexity index is 312. The predicted octanol–water partition coefficient (Wildman–Crippen LogP) is 0.0616. The molecule has 3 heterocycles. The first-order chi connectivity index (χ1) is 9.36. The second-order valence-corrected chi connectivity index (χ2v) is 5.81. The van der Waals surface area contributed by atoms with E-state index in [1.165, 1.54) is 19.3 Å². The molecular weight excluding hydrogens is 242 g/mol. The van der Waals surface area contributed by atoms with Crippen LogP contribution in [0.3, 0.4) is 0 Å². The molecule has 0 aromatic carbocycles.